The van der Waals surface area contributed by atoms with E-state index in [1.54, 1.807) is 0 Å². The van der Waals surface area contributed by atoms with E-state index in [1.165, 1.54) is 0 Å². The van der Waals surface area contributed by atoms with Crippen LogP contribution in [0.4, 0.5) is 0 Å². The van der Waals surface area contributed by atoms with Crippen LogP contribution < -0.4 is 26.0 Å². The van der Waals surface area contributed by atoms with Crippen LogP contribution in [0.15, 0.2) is 0 Å². The van der Waals surface area contributed by atoms with Crippen molar-refractivity contribution in [3.63, 3.8) is 0 Å². The molecule has 0 fully saturated rings. The number of quaternary nitrogens is 2. The van der Waals surface area contributed by atoms with Gasteiger partial charge in [0.15, 0.2) is 0 Å². The van der Waals surface area contributed by atoms with E-state index >= 15 is 0 Å². The number of hydrogen-bond donors (Lipinski definition) is 2. The normalized spacial score (nSPS) is 12.3. The summed E-state index contributed by atoms with van der Waals surface area (Å²) in [6.07, 6.45) is 1.31. The van der Waals surface area contributed by atoms with Crippen LogP contribution in [-0.2, 0) is 14.4 Å². The van der Waals surface area contributed by atoms with Gasteiger partial charge >= 0.3 is 0 Å². The number of hydrogen-bond acceptors (Lipinski definition) is 6. The predicted molar refractivity (Wildman–Crippen MR) is 51.1 cm³/mol. The third-order valence-corrected chi connectivity index (χ3v) is 2.51. The molecule has 8 nitrogen and oxygen atoms in total. The van der Waals surface area contributed by atoms with Crippen molar-refractivity contribution >= 4 is 17.9 Å². The van der Waals surface area contributed by atoms with Crippen LogP contribution in [-0.4, -0.2) is 43.6 Å². The zero-order valence-electron chi connectivity index (χ0n) is 9.98. The summed E-state index contributed by atoms with van der Waals surface area (Å²) < 4.78 is 0. The molecule has 0 rings (SSSR count). The van der Waals surface area contributed by atoms with Crippen molar-refractivity contribution in [1.82, 2.24) is 0 Å². The van der Waals surface area contributed by atoms with Crippen LogP contribution in [0.25, 0.3) is 0 Å². The first-order valence-electron chi connectivity index (χ1n) is 5.62. The number of unbranched alkanes of at least 4 members (excludes halogenated alkanes) is 1. The lowest BCUT2D eigenvalue weighted by atomic mass is 10.1. The minimum atomic E-state index is -1.52. The summed E-state index contributed by atoms with van der Waals surface area (Å²) in [5.41, 5.74) is 3.59. The number of aliphatic carboxylic acids is 3. The summed E-state index contributed by atoms with van der Waals surface area (Å²) in [5, 5.41) is 31.9. The molecule has 0 aromatic heterocycles. The highest BCUT2D eigenvalue weighted by molar-refractivity contribution is 5.72. The van der Waals surface area contributed by atoms with Crippen molar-refractivity contribution in [1.29, 1.82) is 0 Å². The first kappa shape index (κ1) is 16.3. The highest BCUT2D eigenvalue weighted by Crippen LogP contribution is 1.96. The Morgan fingerprint density at radius 2 is 1.50 bits per heavy atom. The average molecular weight is 261 g/mol. The van der Waals surface area contributed by atoms with Gasteiger partial charge in [0.25, 0.3) is 0 Å². The minimum Gasteiger partial charge on any atom is -0.544 e. The topological polar surface area (TPSA) is 152 Å². The molecule has 0 radical (unpaired) electrons. The fourth-order valence-electron chi connectivity index (χ4n) is 1.69. The van der Waals surface area contributed by atoms with Gasteiger partial charge in [-0.1, -0.05) is 0 Å². The van der Waals surface area contributed by atoms with Crippen molar-refractivity contribution in [2.45, 2.75) is 25.3 Å². The Kier molecular flexibility index (Phi) is 7.64. The molecule has 0 saturated carbocycles. The van der Waals surface area contributed by atoms with E-state index in [9.17, 15) is 29.7 Å². The van der Waals surface area contributed by atoms with E-state index in [1.807, 2.05) is 0 Å². The molecule has 0 spiro atoms. The molecule has 0 unspecified atom stereocenters. The Balaban J connectivity index is 4.67. The maximum Gasteiger partial charge on any atom is 0.128 e. The Bertz CT molecular complexity index is 291. The summed E-state index contributed by atoms with van der Waals surface area (Å²) >= 11 is 0. The molecule has 0 aliphatic heterocycles. The maximum absolute atomic E-state index is 10.9. The monoisotopic (exact) mass is 261 g/mol. The zero-order valence-corrected chi connectivity index (χ0v) is 9.98. The molecule has 4 N–H and O–H groups in total. The van der Waals surface area contributed by atoms with Gasteiger partial charge in [-0.15, -0.1) is 0 Å². The van der Waals surface area contributed by atoms with E-state index in [-0.39, 0.29) is 11.3 Å². The van der Waals surface area contributed by atoms with Gasteiger partial charge in [0.2, 0.25) is 0 Å². The number of carbonyl (C=O) groups excluding carboxylic acids is 3. The maximum atomic E-state index is 10.9. The van der Waals surface area contributed by atoms with E-state index in [0.717, 1.165) is 0 Å². The van der Waals surface area contributed by atoms with E-state index < -0.39 is 37.0 Å². The largest absolute Gasteiger partial charge is 0.544 e. The van der Waals surface area contributed by atoms with Crippen LogP contribution in [0, 0.1) is 0 Å². The van der Waals surface area contributed by atoms with Crippen molar-refractivity contribution in [2.24, 2.45) is 0 Å². The molecule has 0 aliphatic rings. The number of carboxylic acid groups (broad SMARTS) is 3. The second-order valence-electron chi connectivity index (χ2n) is 3.98. The molecule has 8 heteroatoms. The Morgan fingerprint density at radius 3 is 1.83 bits per heavy atom. The average Bonchev–Trinajstić information content (AvgIpc) is 2.21. The predicted octanol–water partition coefficient (Wildman–Crippen LogP) is -7.10. The standard InChI is InChI=1S/C10H18N2O6/c11-4-2-1-3-7(10(17)18)12(5-8(13)14)6-9(15)16/h7H,1-6,11H2,(H,13,14)(H,15,16)(H,17,18)/p-1/t7-/m1/s1. The fraction of sp³-hybridized carbons (Fsp3) is 0.700. The quantitative estimate of drug-likeness (QED) is 0.372. The lowest BCUT2D eigenvalue weighted by molar-refractivity contribution is -0.908. The van der Waals surface area contributed by atoms with Crippen LogP contribution in [0.3, 0.4) is 0 Å². The first-order chi connectivity index (χ1) is 8.38. The van der Waals surface area contributed by atoms with Crippen molar-refractivity contribution in [3.8, 4) is 0 Å². The molecule has 0 saturated heterocycles. The Labute approximate surface area is 104 Å². The second-order valence-corrected chi connectivity index (χ2v) is 3.98. The third kappa shape index (κ3) is 6.81. The molecule has 0 aromatic rings. The molecular weight excluding hydrogens is 244 g/mol. The smallest absolute Gasteiger partial charge is 0.128 e. The Hall–Kier alpha value is -1.67. The number of carbonyl (C=O) groups is 3. The van der Waals surface area contributed by atoms with Crippen molar-refractivity contribution in [3.05, 3.63) is 0 Å². The molecule has 104 valence electrons. The van der Waals surface area contributed by atoms with Crippen LogP contribution >= 0.6 is 0 Å². The molecule has 0 aromatic carbocycles. The van der Waals surface area contributed by atoms with Crippen molar-refractivity contribution in [2.75, 3.05) is 19.6 Å². The van der Waals surface area contributed by atoms with Gasteiger partial charge in [-0.3, -0.25) is 0 Å². The van der Waals surface area contributed by atoms with E-state index in [4.69, 9.17) is 0 Å². The van der Waals surface area contributed by atoms with Gasteiger partial charge < -0.3 is 40.3 Å². The van der Waals surface area contributed by atoms with Crippen molar-refractivity contribution < 1.29 is 40.3 Å². The Morgan fingerprint density at radius 1 is 1.00 bits per heavy atom. The van der Waals surface area contributed by atoms with Gasteiger partial charge in [0.1, 0.15) is 19.1 Å². The molecule has 0 aliphatic carbocycles. The van der Waals surface area contributed by atoms with Gasteiger partial charge in [-0.05, 0) is 12.8 Å². The fourth-order valence-corrected chi connectivity index (χ4v) is 1.69. The van der Waals surface area contributed by atoms with E-state index in [2.05, 4.69) is 5.73 Å². The molecular formula is C10H17N2O6-. The van der Waals surface area contributed by atoms with Crippen LogP contribution in [0.2, 0.25) is 0 Å². The molecule has 18 heavy (non-hydrogen) atoms. The second kappa shape index (κ2) is 8.43. The van der Waals surface area contributed by atoms with Crippen LogP contribution in [0.1, 0.15) is 19.3 Å². The van der Waals surface area contributed by atoms with E-state index in [0.29, 0.717) is 19.4 Å². The highest BCUT2D eigenvalue weighted by atomic mass is 16.4. The molecule has 0 bridgehead atoms. The third-order valence-electron chi connectivity index (χ3n) is 2.51. The summed E-state index contributed by atoms with van der Waals surface area (Å²) in [5.74, 6) is -4.51. The molecule has 0 heterocycles. The minimum absolute atomic E-state index is 0.133. The van der Waals surface area contributed by atoms with Gasteiger partial charge in [-0.25, -0.2) is 0 Å². The summed E-state index contributed by atoms with van der Waals surface area (Å²) in [7, 11) is 0. The first-order valence-corrected chi connectivity index (χ1v) is 5.62. The number of rotatable bonds is 10. The van der Waals surface area contributed by atoms with Gasteiger partial charge in [-0.2, -0.15) is 0 Å². The molecule has 1 atom stereocenters. The lowest BCUT2D eigenvalue weighted by Crippen LogP contribution is -3.19. The highest BCUT2D eigenvalue weighted by Gasteiger charge is 2.23. The number of carboxylic acids is 3. The van der Waals surface area contributed by atoms with Crippen LogP contribution in [0.5, 0.6) is 0 Å². The summed E-state index contributed by atoms with van der Waals surface area (Å²) in [4.78, 5) is 31.7. The number of nitrogens with one attached hydrogen (secondary N) is 1. The molecule has 0 amide bonds. The zero-order chi connectivity index (χ0) is 14.1. The summed E-state index contributed by atoms with van der Waals surface area (Å²) in [6, 6.07) is -1.20. The van der Waals surface area contributed by atoms with Gasteiger partial charge in [0, 0.05) is 6.42 Å². The SMILES string of the molecule is [NH3+]CCCC[C@H](C(=O)[O-])[NH+](CC(=O)[O-])CC(=O)[O-]. The van der Waals surface area contributed by atoms with Gasteiger partial charge in [0.05, 0.1) is 24.5 Å². The summed E-state index contributed by atoms with van der Waals surface area (Å²) in [6.45, 7) is -0.802. The lowest BCUT2D eigenvalue weighted by Gasteiger charge is -2.29.